The van der Waals surface area contributed by atoms with Crippen LogP contribution in [0.1, 0.15) is 93.6 Å². The predicted molar refractivity (Wildman–Crippen MR) is 214 cm³/mol. The van der Waals surface area contributed by atoms with Crippen molar-refractivity contribution >= 4 is 29.6 Å². The molecule has 4 amide bonds. The van der Waals surface area contributed by atoms with Gasteiger partial charge in [0.05, 0.1) is 42.7 Å². The molecule has 0 saturated carbocycles. The van der Waals surface area contributed by atoms with E-state index < -0.39 is 60.2 Å². The second-order valence-electron chi connectivity index (χ2n) is 16.4. The molecule has 3 N–H and O–H groups in total. The van der Waals surface area contributed by atoms with Gasteiger partial charge in [-0.25, -0.2) is 4.79 Å². The minimum atomic E-state index is -1.14. The van der Waals surface area contributed by atoms with Crippen LogP contribution in [-0.4, -0.2) is 133 Å². The molecule has 1 saturated heterocycles. The van der Waals surface area contributed by atoms with E-state index in [1.165, 1.54) is 7.11 Å². The highest BCUT2D eigenvalue weighted by atomic mass is 16.5. The molecule has 55 heavy (non-hydrogen) atoms. The standard InChI is InChI=1S/C42H71N5O8/c1-14-28(8)37(46(11)41(51)35(25(2)3)44-40(50)36(26(4)5)45(10)27(6)7)33(54-12)24-34(48)47-22-18-21-32(47)38(55-13)29(9)39(49)43-31(42(52)53)23-30-19-16-15-17-20-30/h15-17,19-20,25-29,31-33,35-38H,14,18,21-24H2,1-13H3,(H,43,49)(H,44,50)(H,52,53)/t28?,29?,31-,32?,33?,35-,36?,37?,38?/m0/s1. The molecule has 0 bridgehead atoms. The largest absolute Gasteiger partial charge is 0.480 e. The van der Waals surface area contributed by atoms with E-state index in [1.54, 1.807) is 30.9 Å². The van der Waals surface area contributed by atoms with Crippen molar-refractivity contribution in [3.05, 3.63) is 35.9 Å². The number of ether oxygens (including phenoxy) is 2. The highest BCUT2D eigenvalue weighted by Gasteiger charge is 2.43. The molecule has 0 aliphatic carbocycles. The molecular weight excluding hydrogens is 702 g/mol. The summed E-state index contributed by atoms with van der Waals surface area (Å²) in [6, 6.07) is 6.00. The number of nitrogens with zero attached hydrogens (tertiary/aromatic N) is 3. The number of carbonyl (C=O) groups is 5. The van der Waals surface area contributed by atoms with Crippen LogP contribution < -0.4 is 10.6 Å². The van der Waals surface area contributed by atoms with Gasteiger partial charge in [0.2, 0.25) is 23.6 Å². The van der Waals surface area contributed by atoms with Crippen LogP contribution >= 0.6 is 0 Å². The number of methoxy groups -OCH3 is 2. The molecule has 0 radical (unpaired) electrons. The maximum absolute atomic E-state index is 14.3. The number of likely N-dealkylation sites (tertiary alicyclic amines) is 1. The zero-order chi connectivity index (χ0) is 41.7. The second-order valence-corrected chi connectivity index (χ2v) is 16.4. The smallest absolute Gasteiger partial charge is 0.326 e. The SMILES string of the molecule is CCC(C)C(C(CC(=O)N1CCCC1C(OC)C(C)C(=O)N[C@@H](Cc1ccccc1)C(=O)O)OC)N(C)C(=O)[C@@H](NC(=O)C(C(C)C)N(C)C(C)C)C(C)C. The third-order valence-electron chi connectivity index (χ3n) is 11.5. The highest BCUT2D eigenvalue weighted by molar-refractivity contribution is 5.90. The number of rotatable bonds is 22. The molecule has 13 heteroatoms. The van der Waals surface area contributed by atoms with Gasteiger partial charge < -0.3 is 35.0 Å². The molecule has 1 aliphatic rings. The number of carboxylic acid groups (broad SMARTS) is 1. The van der Waals surface area contributed by atoms with Crippen LogP contribution in [0.5, 0.6) is 0 Å². The van der Waals surface area contributed by atoms with Crippen molar-refractivity contribution in [1.82, 2.24) is 25.3 Å². The van der Waals surface area contributed by atoms with Crippen molar-refractivity contribution in [3.63, 3.8) is 0 Å². The Bertz CT molecular complexity index is 1390. The van der Waals surface area contributed by atoms with Gasteiger partial charge in [-0.2, -0.15) is 0 Å². The Morgan fingerprint density at radius 2 is 1.51 bits per heavy atom. The second kappa shape index (κ2) is 22.3. The lowest BCUT2D eigenvalue weighted by Gasteiger charge is -2.41. The van der Waals surface area contributed by atoms with Crippen LogP contribution in [0.2, 0.25) is 0 Å². The summed E-state index contributed by atoms with van der Waals surface area (Å²) in [4.78, 5) is 73.3. The lowest BCUT2D eigenvalue weighted by atomic mass is 9.89. The minimum absolute atomic E-state index is 0.0118. The summed E-state index contributed by atoms with van der Waals surface area (Å²) in [7, 11) is 6.69. The molecule has 1 fully saturated rings. The fraction of sp³-hybridized carbons (Fsp3) is 0.738. The van der Waals surface area contributed by atoms with Crippen LogP contribution in [0.25, 0.3) is 0 Å². The van der Waals surface area contributed by atoms with E-state index in [-0.39, 0.29) is 54.4 Å². The van der Waals surface area contributed by atoms with Gasteiger partial charge in [-0.1, -0.05) is 85.2 Å². The number of amides is 4. The van der Waals surface area contributed by atoms with Gasteiger partial charge in [-0.05, 0) is 57.1 Å². The molecule has 0 spiro atoms. The average molecular weight is 774 g/mol. The van der Waals surface area contributed by atoms with E-state index >= 15 is 0 Å². The number of hydrogen-bond donors (Lipinski definition) is 3. The number of likely N-dealkylation sites (N-methyl/N-ethyl adjacent to an activating group) is 2. The van der Waals surface area contributed by atoms with Crippen LogP contribution in [0.15, 0.2) is 30.3 Å². The quantitative estimate of drug-likeness (QED) is 0.157. The van der Waals surface area contributed by atoms with Crippen molar-refractivity contribution in [2.75, 3.05) is 34.9 Å². The van der Waals surface area contributed by atoms with E-state index in [1.807, 2.05) is 97.7 Å². The fourth-order valence-electron chi connectivity index (χ4n) is 7.91. The van der Waals surface area contributed by atoms with Crippen molar-refractivity contribution in [1.29, 1.82) is 0 Å². The number of carbonyl (C=O) groups excluding carboxylic acids is 4. The van der Waals surface area contributed by atoms with E-state index in [9.17, 15) is 29.1 Å². The number of aliphatic carboxylic acids is 1. The van der Waals surface area contributed by atoms with Gasteiger partial charge in [0, 0.05) is 40.3 Å². The van der Waals surface area contributed by atoms with E-state index in [0.717, 1.165) is 12.0 Å². The van der Waals surface area contributed by atoms with Gasteiger partial charge in [0.1, 0.15) is 12.1 Å². The molecule has 9 atom stereocenters. The maximum atomic E-state index is 14.3. The number of benzene rings is 1. The Morgan fingerprint density at radius 1 is 0.891 bits per heavy atom. The Hall–Kier alpha value is -3.55. The molecule has 13 nitrogen and oxygen atoms in total. The molecule has 2 rings (SSSR count). The first-order chi connectivity index (χ1) is 25.8. The molecule has 1 aliphatic heterocycles. The fourth-order valence-corrected chi connectivity index (χ4v) is 7.91. The van der Waals surface area contributed by atoms with Crippen molar-refractivity contribution in [2.45, 2.75) is 143 Å². The Kier molecular flexibility index (Phi) is 19.3. The van der Waals surface area contributed by atoms with Crippen molar-refractivity contribution in [2.24, 2.45) is 23.7 Å². The van der Waals surface area contributed by atoms with Gasteiger partial charge in [-0.15, -0.1) is 0 Å². The summed E-state index contributed by atoms with van der Waals surface area (Å²) in [6.07, 6.45) is 0.808. The minimum Gasteiger partial charge on any atom is -0.480 e. The number of carboxylic acids is 1. The first kappa shape index (κ1) is 47.6. The van der Waals surface area contributed by atoms with Crippen LogP contribution in [0.4, 0.5) is 0 Å². The van der Waals surface area contributed by atoms with Gasteiger partial charge >= 0.3 is 5.97 Å². The highest BCUT2D eigenvalue weighted by Crippen LogP contribution is 2.30. The van der Waals surface area contributed by atoms with Crippen LogP contribution in [-0.2, 0) is 39.9 Å². The predicted octanol–water partition coefficient (Wildman–Crippen LogP) is 4.22. The Labute approximate surface area is 330 Å². The normalized spacial score (nSPS) is 19.1. The summed E-state index contributed by atoms with van der Waals surface area (Å²) in [5.74, 6) is -3.21. The Balaban J connectivity index is 2.29. The summed E-state index contributed by atoms with van der Waals surface area (Å²) < 4.78 is 11.9. The summed E-state index contributed by atoms with van der Waals surface area (Å²) in [5.41, 5.74) is 0.785. The first-order valence-electron chi connectivity index (χ1n) is 20.0. The number of hydrogen-bond acceptors (Lipinski definition) is 8. The molecule has 1 aromatic carbocycles. The van der Waals surface area contributed by atoms with Crippen molar-refractivity contribution in [3.8, 4) is 0 Å². The summed E-state index contributed by atoms with van der Waals surface area (Å²) >= 11 is 0. The van der Waals surface area contributed by atoms with E-state index in [0.29, 0.717) is 19.4 Å². The maximum Gasteiger partial charge on any atom is 0.326 e. The third-order valence-corrected chi connectivity index (χ3v) is 11.5. The molecule has 7 unspecified atom stereocenters. The summed E-state index contributed by atoms with van der Waals surface area (Å²) in [6.45, 7) is 18.1. The van der Waals surface area contributed by atoms with Gasteiger partial charge in [-0.3, -0.25) is 24.1 Å². The Morgan fingerprint density at radius 3 is 2.00 bits per heavy atom. The van der Waals surface area contributed by atoms with E-state index in [2.05, 4.69) is 10.6 Å². The monoisotopic (exact) mass is 774 g/mol. The first-order valence-corrected chi connectivity index (χ1v) is 20.0. The van der Waals surface area contributed by atoms with Crippen LogP contribution in [0, 0.1) is 23.7 Å². The van der Waals surface area contributed by atoms with E-state index in [4.69, 9.17) is 9.47 Å². The zero-order valence-electron chi connectivity index (χ0n) is 35.7. The zero-order valence-corrected chi connectivity index (χ0v) is 35.7. The van der Waals surface area contributed by atoms with Crippen molar-refractivity contribution < 1.29 is 38.6 Å². The molecule has 1 heterocycles. The van der Waals surface area contributed by atoms with Gasteiger partial charge in [0.15, 0.2) is 0 Å². The third kappa shape index (κ3) is 12.7. The molecule has 1 aromatic rings. The average Bonchev–Trinajstić information content (AvgIpc) is 3.62. The lowest BCUT2D eigenvalue weighted by Crippen LogP contribution is -2.60. The van der Waals surface area contributed by atoms with Gasteiger partial charge in [0.25, 0.3) is 0 Å². The molecule has 0 aromatic heterocycles. The topological polar surface area (TPSA) is 158 Å². The van der Waals surface area contributed by atoms with Crippen LogP contribution in [0.3, 0.4) is 0 Å². The molecule has 312 valence electrons. The number of nitrogens with one attached hydrogen (secondary N) is 2. The summed E-state index contributed by atoms with van der Waals surface area (Å²) in [5, 5.41) is 15.7. The lowest BCUT2D eigenvalue weighted by molar-refractivity contribution is -0.148. The molecular formula is C42H71N5O8.